The first-order valence-electron chi connectivity index (χ1n) is 8.98. The van der Waals surface area contributed by atoms with Gasteiger partial charge in [-0.1, -0.05) is 0 Å². The number of likely N-dealkylation sites (tertiary alicyclic amines) is 1. The van der Waals surface area contributed by atoms with Crippen molar-refractivity contribution in [3.63, 3.8) is 0 Å². The second kappa shape index (κ2) is 10.3. The van der Waals surface area contributed by atoms with E-state index in [1.54, 1.807) is 18.4 Å². The van der Waals surface area contributed by atoms with Crippen LogP contribution in [-0.4, -0.2) is 68.0 Å². The lowest BCUT2D eigenvalue weighted by atomic mass is 9.97. The highest BCUT2D eigenvalue weighted by Crippen LogP contribution is 2.24. The van der Waals surface area contributed by atoms with Crippen molar-refractivity contribution >= 4 is 53.1 Å². The van der Waals surface area contributed by atoms with Gasteiger partial charge < -0.3 is 19.9 Å². The standard InChI is InChI=1S/C18H26N4O3S.HI/c1-19-18(21-7-3-13(4-8-21)17(24)25-2)20-11-16(23)22-9-5-15-14(12-22)6-10-26-15;/h6,10,13H,3-5,7-9,11-12H2,1-2H3,(H,19,20);1H. The van der Waals surface area contributed by atoms with Crippen molar-refractivity contribution in [3.05, 3.63) is 21.9 Å². The van der Waals surface area contributed by atoms with Crippen LogP contribution in [0.4, 0.5) is 0 Å². The summed E-state index contributed by atoms with van der Waals surface area (Å²) in [7, 11) is 3.15. The third kappa shape index (κ3) is 5.34. The monoisotopic (exact) mass is 506 g/mol. The van der Waals surface area contributed by atoms with Crippen LogP contribution in [0.2, 0.25) is 0 Å². The first-order chi connectivity index (χ1) is 12.6. The van der Waals surface area contributed by atoms with E-state index in [1.165, 1.54) is 17.6 Å². The number of ether oxygens (including phenoxy) is 1. The number of hydrogen-bond acceptors (Lipinski definition) is 5. The van der Waals surface area contributed by atoms with Gasteiger partial charge in [0.25, 0.3) is 0 Å². The van der Waals surface area contributed by atoms with Crippen molar-refractivity contribution in [2.45, 2.75) is 25.8 Å². The number of aliphatic imine (C=N–C) groups is 1. The fourth-order valence-corrected chi connectivity index (χ4v) is 4.44. The van der Waals surface area contributed by atoms with Gasteiger partial charge in [0.15, 0.2) is 5.96 Å². The Bertz CT molecular complexity index is 686. The highest BCUT2D eigenvalue weighted by Gasteiger charge is 2.27. The number of carbonyl (C=O) groups is 2. The summed E-state index contributed by atoms with van der Waals surface area (Å²) < 4.78 is 4.82. The van der Waals surface area contributed by atoms with Gasteiger partial charge in [-0.25, -0.2) is 0 Å². The first-order valence-corrected chi connectivity index (χ1v) is 9.86. The molecule has 0 unspecified atom stereocenters. The van der Waals surface area contributed by atoms with Crippen LogP contribution in [0.1, 0.15) is 23.3 Å². The molecule has 0 aromatic carbocycles. The molecular weight excluding hydrogens is 479 g/mol. The quantitative estimate of drug-likeness (QED) is 0.293. The largest absolute Gasteiger partial charge is 0.469 e. The predicted octanol–water partition coefficient (Wildman–Crippen LogP) is 1.71. The number of fused-ring (bicyclic) bond motifs is 1. The fraction of sp³-hybridized carbons (Fsp3) is 0.611. The van der Waals surface area contributed by atoms with Gasteiger partial charge in [0.05, 0.1) is 19.6 Å². The van der Waals surface area contributed by atoms with E-state index in [-0.39, 0.29) is 48.3 Å². The molecule has 7 nitrogen and oxygen atoms in total. The molecular formula is C18H27IN4O3S. The predicted molar refractivity (Wildman–Crippen MR) is 117 cm³/mol. The normalized spacial score (nSPS) is 17.8. The maximum atomic E-state index is 12.5. The van der Waals surface area contributed by atoms with E-state index in [9.17, 15) is 9.59 Å². The first kappa shape index (κ1) is 21.9. The van der Waals surface area contributed by atoms with Crippen LogP contribution in [0, 0.1) is 5.92 Å². The molecule has 2 aliphatic rings. The van der Waals surface area contributed by atoms with Crippen LogP contribution in [0.5, 0.6) is 0 Å². The molecule has 9 heteroatoms. The van der Waals surface area contributed by atoms with Gasteiger partial charge in [0, 0.05) is 38.1 Å². The smallest absolute Gasteiger partial charge is 0.308 e. The number of nitrogens with zero attached hydrogens (tertiary/aromatic N) is 3. The summed E-state index contributed by atoms with van der Waals surface area (Å²) in [5.74, 6) is 0.632. The second-order valence-corrected chi connectivity index (χ2v) is 7.62. The minimum absolute atomic E-state index is 0. The summed E-state index contributed by atoms with van der Waals surface area (Å²) in [6.45, 7) is 3.17. The molecule has 0 aliphatic carbocycles. The van der Waals surface area contributed by atoms with Crippen LogP contribution in [-0.2, 0) is 27.3 Å². The number of nitrogens with one attached hydrogen (secondary N) is 1. The number of rotatable bonds is 3. The molecule has 1 N–H and O–H groups in total. The van der Waals surface area contributed by atoms with Crippen LogP contribution < -0.4 is 5.32 Å². The minimum atomic E-state index is -0.138. The van der Waals surface area contributed by atoms with Crippen molar-refractivity contribution in [1.29, 1.82) is 0 Å². The Morgan fingerprint density at radius 3 is 2.70 bits per heavy atom. The molecule has 0 atom stereocenters. The molecule has 1 amide bonds. The number of methoxy groups -OCH3 is 1. The number of piperidine rings is 1. The molecule has 2 aliphatic heterocycles. The average Bonchev–Trinajstić information content (AvgIpc) is 3.16. The van der Waals surface area contributed by atoms with Gasteiger partial charge in [-0.05, 0) is 36.3 Å². The molecule has 0 radical (unpaired) electrons. The van der Waals surface area contributed by atoms with Crippen molar-refractivity contribution in [2.24, 2.45) is 10.9 Å². The highest BCUT2D eigenvalue weighted by atomic mass is 127. The molecule has 150 valence electrons. The minimum Gasteiger partial charge on any atom is -0.469 e. The Morgan fingerprint density at radius 2 is 2.04 bits per heavy atom. The summed E-state index contributed by atoms with van der Waals surface area (Å²) >= 11 is 1.77. The summed E-state index contributed by atoms with van der Waals surface area (Å²) in [5, 5.41) is 5.28. The van der Waals surface area contributed by atoms with Gasteiger partial charge in [-0.2, -0.15) is 0 Å². The lowest BCUT2D eigenvalue weighted by molar-refractivity contribution is -0.146. The molecule has 0 spiro atoms. The molecule has 0 bridgehead atoms. The van der Waals surface area contributed by atoms with Gasteiger partial charge in [-0.3, -0.25) is 14.6 Å². The van der Waals surface area contributed by atoms with E-state index < -0.39 is 0 Å². The van der Waals surface area contributed by atoms with Gasteiger partial charge in [0.1, 0.15) is 0 Å². The third-order valence-corrected chi connectivity index (χ3v) is 6.12. The third-order valence-electron chi connectivity index (χ3n) is 5.10. The summed E-state index contributed by atoms with van der Waals surface area (Å²) in [6, 6.07) is 2.11. The lowest BCUT2D eigenvalue weighted by Crippen LogP contribution is -2.49. The van der Waals surface area contributed by atoms with Gasteiger partial charge >= 0.3 is 5.97 Å². The Hall–Kier alpha value is -1.36. The summed E-state index contributed by atoms with van der Waals surface area (Å²) in [5.41, 5.74) is 1.27. The molecule has 1 saturated heterocycles. The van der Waals surface area contributed by atoms with Crippen molar-refractivity contribution in [1.82, 2.24) is 15.1 Å². The van der Waals surface area contributed by atoms with Gasteiger partial charge in [0.2, 0.25) is 5.91 Å². The number of carbonyl (C=O) groups excluding carboxylic acids is 2. The topological polar surface area (TPSA) is 74.2 Å². The number of halogens is 1. The second-order valence-electron chi connectivity index (χ2n) is 6.62. The van der Waals surface area contributed by atoms with Crippen LogP contribution in [0.15, 0.2) is 16.4 Å². The summed E-state index contributed by atoms with van der Waals surface area (Å²) in [4.78, 5) is 33.9. The number of thiophene rings is 1. The van der Waals surface area contributed by atoms with Gasteiger partial charge in [-0.15, -0.1) is 35.3 Å². The Morgan fingerprint density at radius 1 is 1.30 bits per heavy atom. The van der Waals surface area contributed by atoms with E-state index in [2.05, 4.69) is 26.7 Å². The van der Waals surface area contributed by atoms with Crippen LogP contribution in [0.3, 0.4) is 0 Å². The SMILES string of the molecule is CN=C(NCC(=O)N1CCc2sccc2C1)N1CCC(C(=O)OC)CC1.I. The van der Waals surface area contributed by atoms with Crippen molar-refractivity contribution in [2.75, 3.05) is 40.3 Å². The van der Waals surface area contributed by atoms with Crippen LogP contribution >= 0.6 is 35.3 Å². The number of hydrogen-bond donors (Lipinski definition) is 1. The zero-order chi connectivity index (χ0) is 18.5. The molecule has 27 heavy (non-hydrogen) atoms. The number of guanidine groups is 1. The Kier molecular flexibility index (Phi) is 8.33. The average molecular weight is 506 g/mol. The van der Waals surface area contributed by atoms with E-state index in [4.69, 9.17) is 4.74 Å². The summed E-state index contributed by atoms with van der Waals surface area (Å²) in [6.07, 6.45) is 2.43. The van der Waals surface area contributed by atoms with E-state index in [0.717, 1.165) is 44.9 Å². The Labute approximate surface area is 181 Å². The molecule has 0 saturated carbocycles. The molecule has 3 heterocycles. The van der Waals surface area contributed by atoms with Crippen LogP contribution in [0.25, 0.3) is 0 Å². The van der Waals surface area contributed by atoms with Crippen molar-refractivity contribution < 1.29 is 14.3 Å². The lowest BCUT2D eigenvalue weighted by Gasteiger charge is -2.33. The number of esters is 1. The van der Waals surface area contributed by atoms with E-state index in [1.807, 2.05) is 4.90 Å². The number of amides is 1. The maximum Gasteiger partial charge on any atom is 0.308 e. The van der Waals surface area contributed by atoms with E-state index in [0.29, 0.717) is 6.54 Å². The molecule has 1 aromatic rings. The molecule has 1 aromatic heterocycles. The highest BCUT2D eigenvalue weighted by molar-refractivity contribution is 14.0. The molecule has 3 rings (SSSR count). The molecule has 1 fully saturated rings. The van der Waals surface area contributed by atoms with E-state index >= 15 is 0 Å². The zero-order valence-electron chi connectivity index (χ0n) is 15.8. The fourth-order valence-electron chi connectivity index (χ4n) is 3.55. The zero-order valence-corrected chi connectivity index (χ0v) is 18.9. The Balaban J connectivity index is 0.00000261. The van der Waals surface area contributed by atoms with Crippen molar-refractivity contribution in [3.8, 4) is 0 Å². The maximum absolute atomic E-state index is 12.5.